The summed E-state index contributed by atoms with van der Waals surface area (Å²) in [5.41, 5.74) is 2.27. The molecule has 4 N–H and O–H groups in total. The molecule has 0 radical (unpaired) electrons. The SMILES string of the molecule is C[C@H]1[C@H](OC(=O)CCC(=O)O[C@H]2CCC3[C@@H]4CCc5cc(OS(N)(=O)=O)ccc5C4CC[C@@]32C)O[C@@H]2O[C@@H](C)CC[C@@H]3C2[C@H]1CC[C@H]3C.OO. The van der Waals surface area contributed by atoms with Gasteiger partial charge in [0.1, 0.15) is 11.9 Å². The van der Waals surface area contributed by atoms with E-state index in [-0.39, 0.29) is 54.4 Å². The van der Waals surface area contributed by atoms with Crippen LogP contribution in [0, 0.1) is 46.8 Å². The van der Waals surface area contributed by atoms with Gasteiger partial charge in [0.2, 0.25) is 6.29 Å². The predicted octanol–water partition coefficient (Wildman–Crippen LogP) is 6.17. The van der Waals surface area contributed by atoms with Crippen LogP contribution < -0.4 is 9.32 Å². The fourth-order valence-corrected chi connectivity index (χ4v) is 11.5. The lowest BCUT2D eigenvalue weighted by molar-refractivity contribution is -0.325. The molecule has 12 nitrogen and oxygen atoms in total. The van der Waals surface area contributed by atoms with E-state index < -0.39 is 22.6 Å². The van der Waals surface area contributed by atoms with Crippen molar-refractivity contribution in [2.24, 2.45) is 52.0 Å². The van der Waals surface area contributed by atoms with E-state index >= 15 is 0 Å². The van der Waals surface area contributed by atoms with Gasteiger partial charge in [-0.1, -0.05) is 33.3 Å². The average Bonchev–Trinajstić information content (AvgIpc) is 3.30. The summed E-state index contributed by atoms with van der Waals surface area (Å²) < 4.78 is 52.5. The maximum atomic E-state index is 13.1. The van der Waals surface area contributed by atoms with E-state index in [9.17, 15) is 18.0 Å². The number of benzene rings is 1. The first-order chi connectivity index (χ1) is 23.8. The average molecular weight is 722 g/mol. The van der Waals surface area contributed by atoms with Crippen molar-refractivity contribution in [1.29, 1.82) is 0 Å². The third-order valence-electron chi connectivity index (χ3n) is 13.5. The molecule has 4 aliphatic carbocycles. The maximum Gasteiger partial charge on any atom is 0.380 e. The second-order valence-corrected chi connectivity index (χ2v) is 17.3. The van der Waals surface area contributed by atoms with Crippen LogP contribution >= 0.6 is 0 Å². The maximum absolute atomic E-state index is 13.1. The van der Waals surface area contributed by atoms with Gasteiger partial charge in [-0.15, -0.1) is 0 Å². The summed E-state index contributed by atoms with van der Waals surface area (Å²) >= 11 is 0. The fourth-order valence-electron chi connectivity index (χ4n) is 11.1. The molecule has 1 aromatic carbocycles. The summed E-state index contributed by atoms with van der Waals surface area (Å²) in [6, 6.07) is 5.50. The van der Waals surface area contributed by atoms with Crippen molar-refractivity contribution in [3.63, 3.8) is 0 Å². The number of fused-ring (bicyclic) bond motifs is 5. The second kappa shape index (κ2) is 15.0. The van der Waals surface area contributed by atoms with E-state index in [1.807, 2.05) is 12.1 Å². The van der Waals surface area contributed by atoms with Gasteiger partial charge in [-0.3, -0.25) is 20.1 Å². The summed E-state index contributed by atoms with van der Waals surface area (Å²) in [5, 5.41) is 17.1. The molecule has 3 unspecified atom stereocenters. The van der Waals surface area contributed by atoms with Crippen molar-refractivity contribution in [3.8, 4) is 5.75 Å². The van der Waals surface area contributed by atoms with E-state index in [0.29, 0.717) is 41.4 Å². The van der Waals surface area contributed by atoms with Crippen molar-refractivity contribution < 1.29 is 51.7 Å². The molecule has 3 saturated carbocycles. The Kier molecular flexibility index (Phi) is 11.2. The molecule has 280 valence electrons. The molecule has 50 heavy (non-hydrogen) atoms. The largest absolute Gasteiger partial charge is 0.462 e. The molecule has 0 amide bonds. The number of aryl methyl sites for hydroxylation is 1. The normalized spacial score (nSPS) is 40.3. The summed E-state index contributed by atoms with van der Waals surface area (Å²) in [7, 11) is -4.07. The molecular weight excluding hydrogens is 666 g/mol. The molecule has 1 aromatic rings. The first-order valence-corrected chi connectivity index (χ1v) is 20.0. The number of nitrogens with two attached hydrogens (primary N) is 1. The van der Waals surface area contributed by atoms with Crippen LogP contribution in [0.25, 0.3) is 0 Å². The minimum absolute atomic E-state index is 0.0118. The molecule has 2 aliphatic heterocycles. The highest BCUT2D eigenvalue weighted by Gasteiger charge is 2.56. The molecule has 0 bridgehead atoms. The monoisotopic (exact) mass is 721 g/mol. The van der Waals surface area contributed by atoms with Crippen molar-refractivity contribution in [2.75, 3.05) is 0 Å². The topological polar surface area (TPSA) is 181 Å². The molecule has 2 heterocycles. The summed E-state index contributed by atoms with van der Waals surface area (Å²) in [5.74, 6) is 2.77. The van der Waals surface area contributed by atoms with Crippen LogP contribution in [-0.4, -0.2) is 55.7 Å². The summed E-state index contributed by atoms with van der Waals surface area (Å²) in [4.78, 5) is 26.2. The van der Waals surface area contributed by atoms with Crippen LogP contribution in [0.4, 0.5) is 0 Å². The van der Waals surface area contributed by atoms with Crippen molar-refractivity contribution in [1.82, 2.24) is 0 Å². The first-order valence-electron chi connectivity index (χ1n) is 18.6. The molecule has 7 rings (SSSR count). The molecule has 0 aromatic heterocycles. The molecule has 5 fully saturated rings. The summed E-state index contributed by atoms with van der Waals surface area (Å²) in [6.45, 7) is 8.86. The van der Waals surface area contributed by atoms with Crippen LogP contribution in [0.15, 0.2) is 18.2 Å². The van der Waals surface area contributed by atoms with E-state index in [1.165, 1.54) is 12.0 Å². The van der Waals surface area contributed by atoms with Gasteiger partial charge in [0.15, 0.2) is 6.29 Å². The smallest absolute Gasteiger partial charge is 0.380 e. The predicted molar refractivity (Wildman–Crippen MR) is 182 cm³/mol. The minimum atomic E-state index is -4.07. The Morgan fingerprint density at radius 2 is 1.62 bits per heavy atom. The van der Waals surface area contributed by atoms with Crippen LogP contribution in [0.2, 0.25) is 0 Å². The van der Waals surface area contributed by atoms with Gasteiger partial charge >= 0.3 is 22.2 Å². The number of carbonyl (C=O) groups excluding carboxylic acids is 2. The van der Waals surface area contributed by atoms with E-state index in [1.54, 1.807) is 6.07 Å². The Morgan fingerprint density at radius 1 is 0.900 bits per heavy atom. The molecular formula is C37H55NO11S. The van der Waals surface area contributed by atoms with Gasteiger partial charge < -0.3 is 23.1 Å². The van der Waals surface area contributed by atoms with Crippen LogP contribution in [0.1, 0.15) is 115 Å². The number of ether oxygens (including phenoxy) is 4. The van der Waals surface area contributed by atoms with Crippen LogP contribution in [0.5, 0.6) is 5.75 Å². The van der Waals surface area contributed by atoms with Gasteiger partial charge in [0, 0.05) is 17.3 Å². The molecule has 6 aliphatic rings. The van der Waals surface area contributed by atoms with Crippen molar-refractivity contribution in [3.05, 3.63) is 29.3 Å². The van der Waals surface area contributed by atoms with Gasteiger partial charge in [-0.05, 0) is 123 Å². The third kappa shape index (κ3) is 7.45. The van der Waals surface area contributed by atoms with Crippen molar-refractivity contribution >= 4 is 22.2 Å². The van der Waals surface area contributed by atoms with Crippen LogP contribution in [-0.2, 0) is 45.3 Å². The zero-order chi connectivity index (χ0) is 36.0. The van der Waals surface area contributed by atoms with E-state index in [4.69, 9.17) is 38.8 Å². The Bertz CT molecular complexity index is 1500. The molecule has 13 atom stereocenters. The number of esters is 2. The molecule has 2 saturated heterocycles. The third-order valence-corrected chi connectivity index (χ3v) is 13.9. The Hall–Kier alpha value is -2.29. The van der Waals surface area contributed by atoms with E-state index in [2.05, 4.69) is 27.7 Å². The van der Waals surface area contributed by atoms with E-state index in [0.717, 1.165) is 63.4 Å². The fraction of sp³-hybridized carbons (Fsp3) is 0.784. The Balaban J connectivity index is 0.00000212. The standard InChI is InChI=1S/C37H53NO9S.H2O2/c1-20-5-9-26-22(3)35(46-36-34(26)25(20)10-6-21(2)43-36)45-33(40)16-15-32(39)44-31-14-13-30-29-11-7-23-19-24(47-48(38,41)42)8-12-27(23)28(29)17-18-37(30,31)4;1-2/h8,12,19-22,25-26,28-31,34-36H,5-7,9-11,13-18H2,1-4H3,(H2,38,41,42);1-2H/t20-,21+,22-,25+,26+,28?,29-,30?,31+,34?,35-,36+,37+;/m1./s1. The van der Waals surface area contributed by atoms with Crippen LogP contribution in [0.3, 0.4) is 0 Å². The van der Waals surface area contributed by atoms with Gasteiger partial charge in [-0.2, -0.15) is 13.6 Å². The number of rotatable bonds is 7. The zero-order valence-corrected chi connectivity index (χ0v) is 30.5. The lowest BCUT2D eigenvalue weighted by atomic mass is 9.55. The highest BCUT2D eigenvalue weighted by Crippen LogP contribution is 2.62. The lowest BCUT2D eigenvalue weighted by Gasteiger charge is -2.51. The minimum Gasteiger partial charge on any atom is -0.462 e. The van der Waals surface area contributed by atoms with Crippen molar-refractivity contribution in [2.45, 2.75) is 135 Å². The lowest BCUT2D eigenvalue weighted by Crippen LogP contribution is -2.54. The number of hydrogen-bond donors (Lipinski definition) is 3. The highest BCUT2D eigenvalue weighted by molar-refractivity contribution is 7.84. The van der Waals surface area contributed by atoms with Gasteiger partial charge in [0.25, 0.3) is 0 Å². The molecule has 0 spiro atoms. The van der Waals surface area contributed by atoms with Gasteiger partial charge in [0.05, 0.1) is 18.9 Å². The molecule has 13 heteroatoms. The summed E-state index contributed by atoms with van der Waals surface area (Å²) in [6.07, 6.45) is 8.89. The van der Waals surface area contributed by atoms with Gasteiger partial charge in [-0.25, -0.2) is 0 Å². The first kappa shape index (κ1) is 37.5. The Labute approximate surface area is 295 Å². The second-order valence-electron chi connectivity index (χ2n) is 16.2. The number of carbonyl (C=O) groups is 2. The quantitative estimate of drug-likeness (QED) is 0.166. The number of hydrogen-bond acceptors (Lipinski definition) is 11. The highest BCUT2D eigenvalue weighted by atomic mass is 32.2. The zero-order valence-electron chi connectivity index (χ0n) is 29.7. The Morgan fingerprint density at radius 3 is 2.36 bits per heavy atom.